The van der Waals surface area contributed by atoms with Crippen LogP contribution in [0.5, 0.6) is 0 Å². The molecular formula is C90H176O17P2. The Morgan fingerprint density at radius 1 is 0.266 bits per heavy atom. The van der Waals surface area contributed by atoms with E-state index in [9.17, 15) is 43.2 Å². The van der Waals surface area contributed by atoms with E-state index in [1.165, 1.54) is 289 Å². The van der Waals surface area contributed by atoms with E-state index in [0.717, 1.165) is 108 Å². The molecule has 0 heterocycles. The average molecular weight is 1590 g/mol. The number of esters is 4. The highest BCUT2D eigenvalue weighted by molar-refractivity contribution is 7.47. The third-order valence-corrected chi connectivity index (χ3v) is 23.8. The summed E-state index contributed by atoms with van der Waals surface area (Å²) >= 11 is 0. The van der Waals surface area contributed by atoms with Crippen LogP contribution >= 0.6 is 15.6 Å². The predicted octanol–water partition coefficient (Wildman–Crippen LogP) is 27.6. The Morgan fingerprint density at radius 2 is 0.468 bits per heavy atom. The summed E-state index contributed by atoms with van der Waals surface area (Å²) in [5.41, 5.74) is 0. The molecule has 109 heavy (non-hydrogen) atoms. The number of phosphoric acid groups is 2. The molecule has 7 atom stereocenters. The number of unbranched alkanes of at least 4 members (excludes halogenated alkanes) is 54. The summed E-state index contributed by atoms with van der Waals surface area (Å²) in [4.78, 5) is 73.4. The number of carbonyl (C=O) groups excluding carboxylic acids is 4. The molecule has 0 fully saturated rings. The molecule has 0 aromatic carbocycles. The summed E-state index contributed by atoms with van der Waals surface area (Å²) in [6.07, 6.45) is 72.2. The van der Waals surface area contributed by atoms with Gasteiger partial charge in [0.25, 0.3) is 0 Å². The summed E-state index contributed by atoms with van der Waals surface area (Å²) in [7, 11) is -9.93. The Labute approximate surface area is 670 Å². The fraction of sp³-hybridized carbons (Fsp3) is 0.956. The first kappa shape index (κ1) is 107. The maximum absolute atomic E-state index is 13.2. The van der Waals surface area contributed by atoms with Crippen molar-refractivity contribution < 1.29 is 80.2 Å². The van der Waals surface area contributed by atoms with Gasteiger partial charge in [-0.05, 0) is 43.4 Å². The van der Waals surface area contributed by atoms with E-state index in [1.807, 2.05) is 0 Å². The molecule has 0 aromatic heterocycles. The molecule has 0 radical (unpaired) electrons. The Bertz CT molecular complexity index is 2100. The fourth-order valence-electron chi connectivity index (χ4n) is 14.0. The third-order valence-electron chi connectivity index (χ3n) is 21.9. The van der Waals surface area contributed by atoms with Gasteiger partial charge in [-0.15, -0.1) is 0 Å². The van der Waals surface area contributed by atoms with Crippen molar-refractivity contribution in [3.63, 3.8) is 0 Å². The molecule has 0 aliphatic rings. The van der Waals surface area contributed by atoms with E-state index in [1.54, 1.807) is 0 Å². The lowest BCUT2D eigenvalue weighted by molar-refractivity contribution is -0.161. The lowest BCUT2D eigenvalue weighted by atomic mass is 9.99. The molecule has 0 saturated carbocycles. The first-order chi connectivity index (χ1) is 52.8. The van der Waals surface area contributed by atoms with Gasteiger partial charge in [-0.1, -0.05) is 427 Å². The van der Waals surface area contributed by atoms with Gasteiger partial charge in [0, 0.05) is 25.7 Å². The van der Waals surface area contributed by atoms with Crippen LogP contribution in [0.4, 0.5) is 0 Å². The van der Waals surface area contributed by atoms with Crippen molar-refractivity contribution in [3.05, 3.63) is 0 Å². The second-order valence-electron chi connectivity index (χ2n) is 33.3. The van der Waals surface area contributed by atoms with Crippen LogP contribution in [0.25, 0.3) is 0 Å². The maximum Gasteiger partial charge on any atom is 0.472 e. The molecule has 0 saturated heterocycles. The summed E-state index contributed by atoms with van der Waals surface area (Å²) in [6, 6.07) is 0. The van der Waals surface area contributed by atoms with Crippen LogP contribution < -0.4 is 0 Å². The number of aliphatic hydroxyl groups is 1. The smallest absolute Gasteiger partial charge is 0.462 e. The SMILES string of the molecule is CCCCCCCCCCCCCCCCC(=O)O[C@H](COC(=O)CCCCCCCCCCC(C)CC)COP(=O)(O)OC[C@H](O)COP(=O)(O)OC[C@@H](COC(=O)CCCCCCCCCCCCCCCCCCCCC(C)C)OC(=O)CCCCCCCCCCCCCCCCCCCCC(C)CC. The fourth-order valence-corrected chi connectivity index (χ4v) is 15.6. The van der Waals surface area contributed by atoms with E-state index in [0.29, 0.717) is 25.7 Å². The van der Waals surface area contributed by atoms with Gasteiger partial charge in [0.1, 0.15) is 19.3 Å². The lowest BCUT2D eigenvalue weighted by Crippen LogP contribution is -2.30. The minimum Gasteiger partial charge on any atom is -0.462 e. The van der Waals surface area contributed by atoms with Gasteiger partial charge in [0.05, 0.1) is 26.4 Å². The summed E-state index contributed by atoms with van der Waals surface area (Å²) < 4.78 is 69.0. The van der Waals surface area contributed by atoms with Crippen molar-refractivity contribution in [2.45, 2.75) is 497 Å². The van der Waals surface area contributed by atoms with Gasteiger partial charge in [0.15, 0.2) is 12.2 Å². The Kier molecular flexibility index (Phi) is 78.5. The third kappa shape index (κ3) is 81.0. The quantitative estimate of drug-likeness (QED) is 0.0222. The van der Waals surface area contributed by atoms with Crippen LogP contribution in [-0.2, 0) is 65.4 Å². The molecule has 0 aliphatic carbocycles. The van der Waals surface area contributed by atoms with Crippen molar-refractivity contribution >= 4 is 39.5 Å². The predicted molar refractivity (Wildman–Crippen MR) is 451 cm³/mol. The highest BCUT2D eigenvalue weighted by Crippen LogP contribution is 2.45. The highest BCUT2D eigenvalue weighted by Gasteiger charge is 2.31. The van der Waals surface area contributed by atoms with E-state index in [-0.39, 0.29) is 25.7 Å². The Morgan fingerprint density at radius 3 is 0.697 bits per heavy atom. The second-order valence-corrected chi connectivity index (χ2v) is 36.2. The molecule has 0 bridgehead atoms. The van der Waals surface area contributed by atoms with Crippen molar-refractivity contribution in [1.82, 2.24) is 0 Å². The van der Waals surface area contributed by atoms with Crippen molar-refractivity contribution in [1.29, 1.82) is 0 Å². The monoisotopic (exact) mass is 1590 g/mol. The van der Waals surface area contributed by atoms with E-state index >= 15 is 0 Å². The van der Waals surface area contributed by atoms with Gasteiger partial charge in [-0.25, -0.2) is 9.13 Å². The number of ether oxygens (including phenoxy) is 4. The minimum absolute atomic E-state index is 0.108. The van der Waals surface area contributed by atoms with Gasteiger partial charge in [-0.2, -0.15) is 0 Å². The number of hydrogen-bond donors (Lipinski definition) is 3. The van der Waals surface area contributed by atoms with Crippen LogP contribution in [0.2, 0.25) is 0 Å². The number of aliphatic hydroxyl groups excluding tert-OH is 1. The van der Waals surface area contributed by atoms with Crippen molar-refractivity contribution in [2.24, 2.45) is 17.8 Å². The Balaban J connectivity index is 5.24. The molecule has 0 spiro atoms. The van der Waals surface area contributed by atoms with Crippen LogP contribution in [-0.4, -0.2) is 96.7 Å². The van der Waals surface area contributed by atoms with E-state index in [4.69, 9.17) is 37.0 Å². The summed E-state index contributed by atoms with van der Waals surface area (Å²) in [6.45, 7) is 12.1. The second kappa shape index (κ2) is 79.9. The minimum atomic E-state index is -4.97. The molecule has 4 unspecified atom stereocenters. The zero-order valence-electron chi connectivity index (χ0n) is 72.0. The van der Waals surface area contributed by atoms with Crippen molar-refractivity contribution in [2.75, 3.05) is 39.6 Å². The van der Waals surface area contributed by atoms with Gasteiger partial charge in [0.2, 0.25) is 0 Å². The zero-order valence-corrected chi connectivity index (χ0v) is 73.8. The number of rotatable bonds is 88. The van der Waals surface area contributed by atoms with Crippen molar-refractivity contribution in [3.8, 4) is 0 Å². The van der Waals surface area contributed by atoms with Crippen LogP contribution in [0, 0.1) is 17.8 Å². The van der Waals surface area contributed by atoms with Gasteiger partial charge >= 0.3 is 39.5 Å². The molecule has 648 valence electrons. The standard InChI is InChI=1S/C90H176O17P2/c1-8-11-12-13-14-15-16-17-32-38-43-52-59-66-73-89(94)107-86(78-101-88(93)72-65-58-51-46-45-49-56-63-70-83(7)10-3)80-105-109(98,99)103-76-84(91)75-102-108(96,97)104-79-85(77-100-87(92)71-64-57-50-42-37-33-28-24-20-18-22-26-30-35-40-47-54-61-68-81(4)5)106-90(95)74-67-60-53-44-39-34-29-25-21-19-23-27-31-36-41-48-55-62-69-82(6)9-2/h81-86,91H,8-80H2,1-7H3,(H,96,97)(H,98,99)/t82?,83?,84-,85-,86-/m1/s1. The molecule has 0 rings (SSSR count). The topological polar surface area (TPSA) is 237 Å². The van der Waals surface area contributed by atoms with Gasteiger partial charge < -0.3 is 33.8 Å². The molecule has 0 amide bonds. The summed E-state index contributed by atoms with van der Waals surface area (Å²) in [5, 5.41) is 10.7. The first-order valence-electron chi connectivity index (χ1n) is 46.4. The van der Waals surface area contributed by atoms with E-state index in [2.05, 4.69) is 48.5 Å². The van der Waals surface area contributed by atoms with E-state index < -0.39 is 97.5 Å². The normalized spacial score (nSPS) is 14.3. The summed E-state index contributed by atoms with van der Waals surface area (Å²) in [5.74, 6) is 0.373. The number of hydrogen-bond acceptors (Lipinski definition) is 15. The highest BCUT2D eigenvalue weighted by atomic mass is 31.2. The largest absolute Gasteiger partial charge is 0.472 e. The molecule has 0 aromatic rings. The van der Waals surface area contributed by atoms with Gasteiger partial charge in [-0.3, -0.25) is 37.3 Å². The van der Waals surface area contributed by atoms with Crippen LogP contribution in [0.3, 0.4) is 0 Å². The first-order valence-corrected chi connectivity index (χ1v) is 49.4. The van der Waals surface area contributed by atoms with Crippen LogP contribution in [0.15, 0.2) is 0 Å². The maximum atomic E-state index is 13.2. The molecule has 3 N–H and O–H groups in total. The zero-order chi connectivity index (χ0) is 80.0. The average Bonchev–Trinajstić information content (AvgIpc) is 0.902. The van der Waals surface area contributed by atoms with Crippen LogP contribution in [0.1, 0.15) is 479 Å². The Hall–Kier alpha value is -1.94. The lowest BCUT2D eigenvalue weighted by Gasteiger charge is -2.21. The molecular weight excluding hydrogens is 1410 g/mol. The molecule has 19 heteroatoms. The molecule has 0 aliphatic heterocycles. The molecule has 17 nitrogen and oxygen atoms in total. The number of carbonyl (C=O) groups is 4. The number of phosphoric ester groups is 2.